The number of hydrogen-bond donors (Lipinski definition) is 1. The maximum Gasteiger partial charge on any atom is 0.433 e. The molecule has 0 bridgehead atoms. The first-order valence-electron chi connectivity index (χ1n) is 5.73. The number of aromatic nitrogens is 1. The molecule has 0 aliphatic carbocycles. The molecule has 0 radical (unpaired) electrons. The van der Waals surface area contributed by atoms with Crippen molar-refractivity contribution < 1.29 is 13.2 Å². The standard InChI is InChI=1S/C13H13F3N2S/c1-8-6-7-10(19-8)9(2)17-12-5-3-4-11(18-12)13(14,15)16/h3-7,9H,1-2H3,(H,17,18). The first kappa shape index (κ1) is 13.9. The van der Waals surface area contributed by atoms with Crippen molar-refractivity contribution in [2.24, 2.45) is 0 Å². The summed E-state index contributed by atoms with van der Waals surface area (Å²) < 4.78 is 37.6. The minimum absolute atomic E-state index is 0.0744. The molecule has 0 saturated heterocycles. The van der Waals surface area contributed by atoms with Gasteiger partial charge in [0.05, 0.1) is 6.04 Å². The summed E-state index contributed by atoms with van der Waals surface area (Å²) in [5.41, 5.74) is -0.882. The molecule has 6 heteroatoms. The highest BCUT2D eigenvalue weighted by Gasteiger charge is 2.32. The molecule has 0 aromatic carbocycles. The summed E-state index contributed by atoms with van der Waals surface area (Å²) in [4.78, 5) is 5.82. The Kier molecular flexibility index (Phi) is 3.80. The number of halogens is 3. The minimum Gasteiger partial charge on any atom is -0.363 e. The van der Waals surface area contributed by atoms with E-state index in [0.717, 1.165) is 10.9 Å². The molecule has 0 fully saturated rings. The predicted octanol–water partition coefficient (Wildman–Crippen LogP) is 4.64. The first-order chi connectivity index (χ1) is 8.86. The zero-order valence-corrected chi connectivity index (χ0v) is 11.3. The normalized spacial score (nSPS) is 13.3. The third kappa shape index (κ3) is 3.47. The van der Waals surface area contributed by atoms with Crippen molar-refractivity contribution in [3.63, 3.8) is 0 Å². The summed E-state index contributed by atoms with van der Waals surface area (Å²) in [5.74, 6) is 0.230. The Morgan fingerprint density at radius 3 is 2.53 bits per heavy atom. The maximum atomic E-state index is 12.5. The monoisotopic (exact) mass is 286 g/mol. The average molecular weight is 286 g/mol. The van der Waals surface area contributed by atoms with Gasteiger partial charge in [0.25, 0.3) is 0 Å². The summed E-state index contributed by atoms with van der Waals surface area (Å²) in [6.45, 7) is 3.89. The van der Waals surface area contributed by atoms with Gasteiger partial charge in [-0.15, -0.1) is 11.3 Å². The number of aryl methyl sites for hydroxylation is 1. The molecule has 1 unspecified atom stereocenters. The third-order valence-electron chi connectivity index (χ3n) is 2.59. The Bertz CT molecular complexity index is 563. The minimum atomic E-state index is -4.42. The Balaban J connectivity index is 2.15. The van der Waals surface area contributed by atoms with Crippen LogP contribution < -0.4 is 5.32 Å². The van der Waals surface area contributed by atoms with Crippen LogP contribution in [0.2, 0.25) is 0 Å². The summed E-state index contributed by atoms with van der Waals surface area (Å²) in [7, 11) is 0. The molecule has 2 nitrogen and oxygen atoms in total. The molecule has 102 valence electrons. The van der Waals surface area contributed by atoms with E-state index in [-0.39, 0.29) is 11.9 Å². The highest BCUT2D eigenvalue weighted by atomic mass is 32.1. The summed E-state index contributed by atoms with van der Waals surface area (Å²) in [6, 6.07) is 7.72. The lowest BCUT2D eigenvalue weighted by molar-refractivity contribution is -0.141. The van der Waals surface area contributed by atoms with Gasteiger partial charge in [-0.25, -0.2) is 4.98 Å². The molecule has 1 N–H and O–H groups in total. The first-order valence-corrected chi connectivity index (χ1v) is 6.55. The van der Waals surface area contributed by atoms with E-state index in [1.54, 1.807) is 11.3 Å². The van der Waals surface area contributed by atoms with E-state index >= 15 is 0 Å². The molecule has 0 spiro atoms. The Hall–Kier alpha value is -1.56. The lowest BCUT2D eigenvalue weighted by Crippen LogP contribution is -2.11. The van der Waals surface area contributed by atoms with Crippen LogP contribution in [-0.4, -0.2) is 4.98 Å². The Morgan fingerprint density at radius 1 is 1.21 bits per heavy atom. The van der Waals surface area contributed by atoms with Gasteiger partial charge in [-0.05, 0) is 38.1 Å². The Morgan fingerprint density at radius 2 is 1.95 bits per heavy atom. The van der Waals surface area contributed by atoms with Crippen molar-refractivity contribution in [2.75, 3.05) is 5.32 Å². The van der Waals surface area contributed by atoms with Gasteiger partial charge in [-0.3, -0.25) is 0 Å². The number of nitrogens with zero attached hydrogens (tertiary/aromatic N) is 1. The maximum absolute atomic E-state index is 12.5. The molecule has 0 amide bonds. The number of alkyl halides is 3. The second-order valence-electron chi connectivity index (χ2n) is 4.22. The fourth-order valence-corrected chi connectivity index (χ4v) is 2.53. The summed E-state index contributed by atoms with van der Waals surface area (Å²) >= 11 is 1.61. The second-order valence-corrected chi connectivity index (χ2v) is 5.54. The van der Waals surface area contributed by atoms with Crippen LogP contribution in [0.4, 0.5) is 19.0 Å². The van der Waals surface area contributed by atoms with Crippen molar-refractivity contribution in [1.29, 1.82) is 0 Å². The van der Waals surface area contributed by atoms with E-state index in [1.165, 1.54) is 17.0 Å². The van der Waals surface area contributed by atoms with Gasteiger partial charge in [0.2, 0.25) is 0 Å². The molecule has 2 heterocycles. The van der Waals surface area contributed by atoms with Crippen molar-refractivity contribution >= 4 is 17.2 Å². The SMILES string of the molecule is Cc1ccc(C(C)Nc2cccc(C(F)(F)F)n2)s1. The Labute approximate surface area is 113 Å². The van der Waals surface area contributed by atoms with E-state index in [9.17, 15) is 13.2 Å². The van der Waals surface area contributed by atoms with Gasteiger partial charge in [0.1, 0.15) is 11.5 Å². The van der Waals surface area contributed by atoms with Crippen LogP contribution in [0.1, 0.15) is 28.4 Å². The van der Waals surface area contributed by atoms with E-state index in [4.69, 9.17) is 0 Å². The van der Waals surface area contributed by atoms with Gasteiger partial charge in [0.15, 0.2) is 0 Å². The van der Waals surface area contributed by atoms with Crippen LogP contribution in [-0.2, 0) is 6.18 Å². The van der Waals surface area contributed by atoms with Gasteiger partial charge in [0, 0.05) is 9.75 Å². The van der Waals surface area contributed by atoms with Gasteiger partial charge >= 0.3 is 6.18 Å². The molecule has 19 heavy (non-hydrogen) atoms. The average Bonchev–Trinajstić information content (AvgIpc) is 2.75. The smallest absolute Gasteiger partial charge is 0.363 e. The molecular formula is C13H13F3N2S. The largest absolute Gasteiger partial charge is 0.433 e. The molecule has 0 aliphatic heterocycles. The van der Waals surface area contributed by atoms with Crippen molar-refractivity contribution in [2.45, 2.75) is 26.1 Å². The van der Waals surface area contributed by atoms with Crippen LogP contribution in [0.15, 0.2) is 30.3 Å². The van der Waals surface area contributed by atoms with Crippen molar-refractivity contribution in [3.8, 4) is 0 Å². The van der Waals surface area contributed by atoms with E-state index in [2.05, 4.69) is 10.3 Å². The lowest BCUT2D eigenvalue weighted by Gasteiger charge is -2.14. The predicted molar refractivity (Wildman–Crippen MR) is 70.3 cm³/mol. The summed E-state index contributed by atoms with van der Waals surface area (Å²) in [6.07, 6.45) is -4.42. The molecule has 2 aromatic rings. The summed E-state index contributed by atoms with van der Waals surface area (Å²) in [5, 5.41) is 2.98. The van der Waals surface area contributed by atoms with Crippen molar-refractivity contribution in [1.82, 2.24) is 4.98 Å². The highest BCUT2D eigenvalue weighted by Crippen LogP contribution is 2.29. The number of anilines is 1. The highest BCUT2D eigenvalue weighted by molar-refractivity contribution is 7.12. The quantitative estimate of drug-likeness (QED) is 0.888. The van der Waals surface area contributed by atoms with Crippen LogP contribution in [0.25, 0.3) is 0 Å². The van der Waals surface area contributed by atoms with E-state index in [1.807, 2.05) is 26.0 Å². The molecule has 2 aromatic heterocycles. The van der Waals surface area contributed by atoms with Crippen LogP contribution in [0, 0.1) is 6.92 Å². The van der Waals surface area contributed by atoms with Crippen LogP contribution in [0.5, 0.6) is 0 Å². The van der Waals surface area contributed by atoms with E-state index < -0.39 is 11.9 Å². The van der Waals surface area contributed by atoms with Crippen LogP contribution >= 0.6 is 11.3 Å². The lowest BCUT2D eigenvalue weighted by atomic mass is 10.2. The number of pyridine rings is 1. The zero-order valence-electron chi connectivity index (χ0n) is 10.5. The third-order valence-corrected chi connectivity index (χ3v) is 3.78. The second kappa shape index (κ2) is 5.21. The molecule has 0 saturated carbocycles. The zero-order chi connectivity index (χ0) is 14.0. The number of rotatable bonds is 3. The van der Waals surface area contributed by atoms with Gasteiger partial charge in [-0.1, -0.05) is 6.07 Å². The number of nitrogens with one attached hydrogen (secondary N) is 1. The molecular weight excluding hydrogens is 273 g/mol. The number of hydrogen-bond acceptors (Lipinski definition) is 3. The van der Waals surface area contributed by atoms with E-state index in [0.29, 0.717) is 0 Å². The topological polar surface area (TPSA) is 24.9 Å². The van der Waals surface area contributed by atoms with Gasteiger partial charge in [-0.2, -0.15) is 13.2 Å². The molecule has 0 aliphatic rings. The molecule has 2 rings (SSSR count). The van der Waals surface area contributed by atoms with Gasteiger partial charge < -0.3 is 5.32 Å². The fourth-order valence-electron chi connectivity index (χ4n) is 1.65. The van der Waals surface area contributed by atoms with Crippen molar-refractivity contribution in [3.05, 3.63) is 45.8 Å². The van der Waals surface area contributed by atoms with Crippen LogP contribution in [0.3, 0.4) is 0 Å². The number of thiophene rings is 1. The fraction of sp³-hybridized carbons (Fsp3) is 0.308. The molecule has 1 atom stereocenters.